The topological polar surface area (TPSA) is 162 Å². The number of phenolic OH excluding ortho intramolecular Hbond substituents is 2. The van der Waals surface area contributed by atoms with Crippen molar-refractivity contribution in [2.45, 2.75) is 13.1 Å². The van der Waals surface area contributed by atoms with Crippen LogP contribution in [0.2, 0.25) is 0 Å². The highest BCUT2D eigenvalue weighted by molar-refractivity contribution is 7.51. The van der Waals surface area contributed by atoms with E-state index in [0.717, 1.165) is 0 Å². The van der Waals surface area contributed by atoms with E-state index in [-0.39, 0.29) is 37.7 Å². The molecule has 2 rings (SSSR count). The van der Waals surface area contributed by atoms with Gasteiger partial charge in [-0.05, 0) is 12.1 Å². The predicted molar refractivity (Wildman–Crippen MR) is 111 cm³/mol. The molecular weight excluding hydrogens is 434 g/mol. The third-order valence-electron chi connectivity index (χ3n) is 4.27. The van der Waals surface area contributed by atoms with Gasteiger partial charge in [-0.2, -0.15) is 0 Å². The molecule has 12 heteroatoms. The largest absolute Gasteiger partial charge is 0.508 e. The smallest absolute Gasteiger partial charge is 0.339 e. The predicted octanol–water partition coefficient (Wildman–Crippen LogP) is 1.67. The van der Waals surface area contributed by atoms with E-state index in [1.807, 2.05) is 0 Å². The van der Waals surface area contributed by atoms with Gasteiger partial charge in [-0.3, -0.25) is 18.9 Å². The van der Waals surface area contributed by atoms with Gasteiger partial charge in [-0.15, -0.1) is 0 Å². The Bertz CT molecular complexity index is 854. The van der Waals surface area contributed by atoms with Crippen molar-refractivity contribution in [1.82, 2.24) is 9.80 Å². The molecule has 0 aliphatic rings. The molecule has 0 spiro atoms. The second-order valence-corrected chi connectivity index (χ2v) is 10.2. The van der Waals surface area contributed by atoms with Gasteiger partial charge in [0.15, 0.2) is 0 Å². The first kappa shape index (κ1) is 24.5. The molecule has 0 amide bonds. The van der Waals surface area contributed by atoms with E-state index >= 15 is 0 Å². The molecule has 166 valence electrons. The fourth-order valence-corrected chi connectivity index (χ4v) is 4.50. The molecule has 0 heterocycles. The number of rotatable bonds is 11. The summed E-state index contributed by atoms with van der Waals surface area (Å²) in [6.07, 6.45) is -1.16. The van der Waals surface area contributed by atoms with Gasteiger partial charge < -0.3 is 29.8 Å². The zero-order valence-electron chi connectivity index (χ0n) is 16.2. The molecule has 2 aromatic rings. The zero-order valence-corrected chi connectivity index (χ0v) is 17.9. The van der Waals surface area contributed by atoms with Crippen LogP contribution in [-0.2, 0) is 22.2 Å². The summed E-state index contributed by atoms with van der Waals surface area (Å²) in [7, 11) is -8.83. The second kappa shape index (κ2) is 10.5. The van der Waals surface area contributed by atoms with Crippen molar-refractivity contribution in [3.8, 4) is 11.5 Å². The van der Waals surface area contributed by atoms with Crippen LogP contribution in [0.1, 0.15) is 11.1 Å². The molecular formula is C18H26N2O8P2. The highest BCUT2D eigenvalue weighted by Crippen LogP contribution is 2.37. The number of nitrogens with zero attached hydrogens (tertiary/aromatic N) is 2. The molecule has 0 radical (unpaired) electrons. The first-order valence-electron chi connectivity index (χ1n) is 9.00. The molecule has 30 heavy (non-hydrogen) atoms. The van der Waals surface area contributed by atoms with Crippen molar-refractivity contribution in [3.05, 3.63) is 59.7 Å². The number of phenols is 2. The summed E-state index contributed by atoms with van der Waals surface area (Å²) in [5.74, 6) is -0.0380. The summed E-state index contributed by atoms with van der Waals surface area (Å²) in [5.41, 5.74) is 0.932. The molecule has 0 saturated heterocycles. The Kier molecular flexibility index (Phi) is 8.61. The van der Waals surface area contributed by atoms with Crippen molar-refractivity contribution in [2.24, 2.45) is 0 Å². The lowest BCUT2D eigenvalue weighted by Gasteiger charge is -2.28. The summed E-state index contributed by atoms with van der Waals surface area (Å²) in [4.78, 5) is 40.4. The molecule has 0 saturated carbocycles. The minimum Gasteiger partial charge on any atom is -0.508 e. The zero-order chi connectivity index (χ0) is 22.4. The van der Waals surface area contributed by atoms with Crippen LogP contribution >= 0.6 is 15.2 Å². The van der Waals surface area contributed by atoms with Crippen LogP contribution in [0.4, 0.5) is 0 Å². The lowest BCUT2D eigenvalue weighted by Crippen LogP contribution is -2.35. The minimum atomic E-state index is -4.42. The van der Waals surface area contributed by atoms with Crippen molar-refractivity contribution >= 4 is 15.2 Å². The van der Waals surface area contributed by atoms with Crippen LogP contribution in [0.25, 0.3) is 0 Å². The minimum absolute atomic E-state index is 0.0190. The van der Waals surface area contributed by atoms with Crippen molar-refractivity contribution < 1.29 is 38.9 Å². The maximum atomic E-state index is 11.5. The molecule has 0 aliphatic carbocycles. The highest BCUT2D eigenvalue weighted by atomic mass is 31.2. The highest BCUT2D eigenvalue weighted by Gasteiger charge is 2.24. The number of benzene rings is 2. The van der Waals surface area contributed by atoms with Crippen molar-refractivity contribution in [2.75, 3.05) is 25.7 Å². The van der Waals surface area contributed by atoms with Gasteiger partial charge >= 0.3 is 15.2 Å². The summed E-state index contributed by atoms with van der Waals surface area (Å²) < 4.78 is 23.1. The number of hydrogen-bond acceptors (Lipinski definition) is 6. The molecule has 0 aromatic heterocycles. The average Bonchev–Trinajstić information content (AvgIpc) is 2.61. The average molecular weight is 460 g/mol. The number of aromatic hydroxyl groups is 2. The first-order chi connectivity index (χ1) is 13.9. The molecule has 0 aliphatic heterocycles. The first-order valence-corrected chi connectivity index (χ1v) is 12.6. The Hall–Kier alpha value is -1.74. The van der Waals surface area contributed by atoms with Crippen molar-refractivity contribution in [3.63, 3.8) is 0 Å². The van der Waals surface area contributed by atoms with Gasteiger partial charge in [0, 0.05) is 37.3 Å². The molecule has 0 unspecified atom stereocenters. The van der Waals surface area contributed by atoms with Gasteiger partial charge in [0.25, 0.3) is 0 Å². The summed E-state index contributed by atoms with van der Waals surface area (Å²) in [6.45, 7) is 0.205. The molecule has 0 bridgehead atoms. The third kappa shape index (κ3) is 8.95. The quantitative estimate of drug-likeness (QED) is 0.272. The van der Waals surface area contributed by atoms with Crippen LogP contribution in [0.15, 0.2) is 48.5 Å². The van der Waals surface area contributed by atoms with E-state index in [2.05, 4.69) is 0 Å². The van der Waals surface area contributed by atoms with Crippen molar-refractivity contribution in [1.29, 1.82) is 0 Å². The van der Waals surface area contributed by atoms with Gasteiger partial charge in [0.2, 0.25) is 0 Å². The third-order valence-corrected chi connectivity index (χ3v) is 5.81. The molecule has 0 fully saturated rings. The fourth-order valence-electron chi connectivity index (χ4n) is 2.97. The van der Waals surface area contributed by atoms with E-state index in [1.54, 1.807) is 36.4 Å². The lowest BCUT2D eigenvalue weighted by molar-refractivity contribution is 0.205. The molecule has 10 nitrogen and oxygen atoms in total. The second-order valence-electron chi connectivity index (χ2n) is 6.97. The van der Waals surface area contributed by atoms with Crippen LogP contribution < -0.4 is 0 Å². The normalized spacial score (nSPS) is 12.6. The van der Waals surface area contributed by atoms with E-state index in [9.17, 15) is 38.9 Å². The maximum Gasteiger partial charge on any atom is 0.339 e. The van der Waals surface area contributed by atoms with Crippen LogP contribution in [0.5, 0.6) is 11.5 Å². The Morgan fingerprint density at radius 1 is 0.633 bits per heavy atom. The maximum absolute atomic E-state index is 11.5. The van der Waals surface area contributed by atoms with E-state index < -0.39 is 27.8 Å². The van der Waals surface area contributed by atoms with E-state index in [4.69, 9.17) is 0 Å². The SMILES string of the molecule is O=P(O)(O)CN(CCN(Cc1ccccc1O)CP(=O)(O)O)Cc1ccccc1O. The lowest BCUT2D eigenvalue weighted by atomic mass is 10.2. The summed E-state index contributed by atoms with van der Waals surface area (Å²) in [6, 6.07) is 12.8. The van der Waals surface area contributed by atoms with Gasteiger partial charge in [-0.1, -0.05) is 36.4 Å². The Balaban J connectivity index is 2.16. The Morgan fingerprint density at radius 3 is 1.27 bits per heavy atom. The number of para-hydroxylation sites is 2. The van der Waals surface area contributed by atoms with Crippen LogP contribution in [-0.4, -0.2) is 65.2 Å². The summed E-state index contributed by atoms with van der Waals surface area (Å²) >= 11 is 0. The Labute approximate surface area is 174 Å². The van der Waals surface area contributed by atoms with Crippen LogP contribution in [0.3, 0.4) is 0 Å². The fraction of sp³-hybridized carbons (Fsp3) is 0.333. The van der Waals surface area contributed by atoms with E-state index in [1.165, 1.54) is 21.9 Å². The van der Waals surface area contributed by atoms with Gasteiger partial charge in [-0.25, -0.2) is 0 Å². The van der Waals surface area contributed by atoms with Gasteiger partial charge in [0.05, 0.1) is 0 Å². The van der Waals surface area contributed by atoms with E-state index in [0.29, 0.717) is 11.1 Å². The molecule has 0 atom stereocenters. The molecule has 6 N–H and O–H groups in total. The number of hydrogen-bond donors (Lipinski definition) is 6. The molecule has 2 aromatic carbocycles. The monoisotopic (exact) mass is 460 g/mol. The Morgan fingerprint density at radius 2 is 0.967 bits per heavy atom. The standard InChI is InChI=1S/C18H26N2O8P2/c21-17-7-3-1-5-15(17)11-19(13-29(23,24)25)9-10-20(14-30(26,27)28)12-16-6-2-4-8-18(16)22/h1-8,21-22H,9-14H2,(H2,23,24,25)(H2,26,27,28). The summed E-state index contributed by atoms with van der Waals surface area (Å²) in [5, 5.41) is 19.9. The van der Waals surface area contributed by atoms with Gasteiger partial charge in [0.1, 0.15) is 24.1 Å². The van der Waals surface area contributed by atoms with Crippen LogP contribution in [0, 0.1) is 0 Å².